The van der Waals surface area contributed by atoms with Crippen molar-refractivity contribution in [3.05, 3.63) is 94.1 Å². The summed E-state index contributed by atoms with van der Waals surface area (Å²) in [6.07, 6.45) is 1.43. The van der Waals surface area contributed by atoms with E-state index in [-0.39, 0.29) is 12.1 Å². The van der Waals surface area contributed by atoms with Crippen LogP contribution in [0.2, 0.25) is 5.02 Å². The van der Waals surface area contributed by atoms with Gasteiger partial charge in [0.1, 0.15) is 6.17 Å². The van der Waals surface area contributed by atoms with Gasteiger partial charge in [0.2, 0.25) is 0 Å². The zero-order chi connectivity index (χ0) is 24.8. The third kappa shape index (κ3) is 3.69. The van der Waals surface area contributed by atoms with Crippen LogP contribution in [0.15, 0.2) is 66.7 Å². The number of hydrogen-bond acceptors (Lipinski definition) is 5. The molecule has 2 aliphatic heterocycles. The van der Waals surface area contributed by atoms with E-state index in [9.17, 15) is 4.79 Å². The molecule has 0 aliphatic carbocycles. The van der Waals surface area contributed by atoms with E-state index in [1.54, 1.807) is 14.2 Å². The second-order valence-electron chi connectivity index (χ2n) is 9.12. The molecular weight excluding hydrogens is 474 g/mol. The van der Waals surface area contributed by atoms with Gasteiger partial charge in [0, 0.05) is 52.9 Å². The van der Waals surface area contributed by atoms with Crippen LogP contribution in [-0.4, -0.2) is 43.1 Å². The Balaban J connectivity index is 1.50. The summed E-state index contributed by atoms with van der Waals surface area (Å²) >= 11 is 6.37. The summed E-state index contributed by atoms with van der Waals surface area (Å²) in [5, 5.41) is 1.38. The van der Waals surface area contributed by atoms with E-state index in [2.05, 4.69) is 29.2 Å². The first-order valence-electron chi connectivity index (χ1n) is 12.0. The van der Waals surface area contributed by atoms with Crippen molar-refractivity contribution >= 4 is 34.1 Å². The molecule has 36 heavy (non-hydrogen) atoms. The summed E-state index contributed by atoms with van der Waals surface area (Å²) in [7, 11) is 3.21. The molecule has 0 N–H and O–H groups in total. The molecule has 6 rings (SSSR count). The van der Waals surface area contributed by atoms with Crippen molar-refractivity contribution < 1.29 is 14.3 Å². The SMILES string of the molecule is COc1ccc(N2C(=O)c3c4c(nc5ccc(Cl)cc35)CCN(CCc3ccccc3)C42)cc1OC. The second-order valence-corrected chi connectivity index (χ2v) is 9.55. The number of fused-ring (bicyclic) bond motifs is 2. The van der Waals surface area contributed by atoms with Crippen LogP contribution >= 0.6 is 11.6 Å². The van der Waals surface area contributed by atoms with Crippen LogP contribution in [0.3, 0.4) is 0 Å². The van der Waals surface area contributed by atoms with E-state index in [0.29, 0.717) is 22.1 Å². The zero-order valence-electron chi connectivity index (χ0n) is 20.2. The molecule has 0 spiro atoms. The van der Waals surface area contributed by atoms with Crippen LogP contribution < -0.4 is 14.4 Å². The lowest BCUT2D eigenvalue weighted by molar-refractivity contribution is 0.0955. The highest BCUT2D eigenvalue weighted by Crippen LogP contribution is 2.47. The average Bonchev–Trinajstić information content (AvgIpc) is 3.23. The minimum atomic E-state index is -0.256. The minimum absolute atomic E-state index is 0.0512. The van der Waals surface area contributed by atoms with Gasteiger partial charge in [-0.3, -0.25) is 19.6 Å². The van der Waals surface area contributed by atoms with Crippen LogP contribution in [-0.2, 0) is 12.8 Å². The Morgan fingerprint density at radius 3 is 2.58 bits per heavy atom. The summed E-state index contributed by atoms with van der Waals surface area (Å²) in [6.45, 7) is 1.63. The maximum atomic E-state index is 14.2. The number of ether oxygens (including phenoxy) is 2. The van der Waals surface area contributed by atoms with E-state index in [0.717, 1.165) is 53.8 Å². The summed E-state index contributed by atoms with van der Waals surface area (Å²) in [5.74, 6) is 1.15. The summed E-state index contributed by atoms with van der Waals surface area (Å²) < 4.78 is 11.0. The summed E-state index contributed by atoms with van der Waals surface area (Å²) in [4.78, 5) is 23.4. The molecule has 0 fully saturated rings. The Hall–Kier alpha value is -3.61. The van der Waals surface area contributed by atoms with Gasteiger partial charge in [-0.1, -0.05) is 41.9 Å². The lowest BCUT2D eigenvalue weighted by atomic mass is 9.96. The molecule has 1 amide bonds. The van der Waals surface area contributed by atoms with E-state index in [1.165, 1.54) is 5.56 Å². The van der Waals surface area contributed by atoms with Crippen LogP contribution in [0.25, 0.3) is 10.9 Å². The smallest absolute Gasteiger partial charge is 0.261 e. The fourth-order valence-electron chi connectivity index (χ4n) is 5.46. The number of rotatable bonds is 6. The van der Waals surface area contributed by atoms with Gasteiger partial charge in [-0.05, 0) is 42.3 Å². The monoisotopic (exact) mass is 499 g/mol. The Morgan fingerprint density at radius 2 is 1.81 bits per heavy atom. The van der Waals surface area contributed by atoms with Crippen molar-refractivity contribution in [2.75, 3.05) is 32.2 Å². The van der Waals surface area contributed by atoms with Crippen molar-refractivity contribution in [2.24, 2.45) is 0 Å². The summed E-state index contributed by atoms with van der Waals surface area (Å²) in [6, 6.07) is 21.7. The molecule has 0 saturated carbocycles. The Morgan fingerprint density at radius 1 is 1.00 bits per heavy atom. The predicted molar refractivity (Wildman–Crippen MR) is 141 cm³/mol. The van der Waals surface area contributed by atoms with Crippen molar-refractivity contribution in [1.29, 1.82) is 0 Å². The van der Waals surface area contributed by atoms with Crippen molar-refractivity contribution in [3.63, 3.8) is 0 Å². The third-order valence-corrected chi connectivity index (χ3v) is 7.39. The van der Waals surface area contributed by atoms with E-state index >= 15 is 0 Å². The molecule has 1 unspecified atom stereocenters. The first kappa shape index (κ1) is 22.8. The molecule has 0 radical (unpaired) electrons. The van der Waals surface area contributed by atoms with Crippen LogP contribution in [0.1, 0.15) is 33.3 Å². The van der Waals surface area contributed by atoms with Gasteiger partial charge in [0.15, 0.2) is 11.5 Å². The number of amides is 1. The number of carbonyl (C=O) groups excluding carboxylic acids is 1. The molecule has 0 bridgehead atoms. The van der Waals surface area contributed by atoms with E-state index in [1.807, 2.05) is 47.4 Å². The number of methoxy groups -OCH3 is 2. The van der Waals surface area contributed by atoms with Gasteiger partial charge >= 0.3 is 0 Å². The normalized spacial score (nSPS) is 16.9. The first-order valence-corrected chi connectivity index (χ1v) is 12.4. The number of hydrogen-bond donors (Lipinski definition) is 0. The average molecular weight is 500 g/mol. The number of benzene rings is 3. The quantitative estimate of drug-likeness (QED) is 0.342. The van der Waals surface area contributed by atoms with Crippen LogP contribution in [0.5, 0.6) is 11.5 Å². The van der Waals surface area contributed by atoms with Crippen molar-refractivity contribution in [2.45, 2.75) is 19.0 Å². The zero-order valence-corrected chi connectivity index (χ0v) is 21.0. The fourth-order valence-corrected chi connectivity index (χ4v) is 5.64. The molecule has 3 aromatic carbocycles. The highest BCUT2D eigenvalue weighted by atomic mass is 35.5. The molecule has 7 heteroatoms. The predicted octanol–water partition coefficient (Wildman–Crippen LogP) is 5.67. The van der Waals surface area contributed by atoms with Gasteiger partial charge in [0.25, 0.3) is 5.91 Å². The maximum absolute atomic E-state index is 14.2. The second kappa shape index (κ2) is 9.12. The molecule has 4 aromatic rings. The minimum Gasteiger partial charge on any atom is -0.493 e. The molecule has 2 aliphatic rings. The van der Waals surface area contributed by atoms with Gasteiger partial charge in [0.05, 0.1) is 25.3 Å². The van der Waals surface area contributed by atoms with Crippen LogP contribution in [0, 0.1) is 0 Å². The Labute approximate surface area is 215 Å². The number of nitrogens with zero attached hydrogens (tertiary/aromatic N) is 3. The largest absolute Gasteiger partial charge is 0.493 e. The number of halogens is 1. The molecule has 6 nitrogen and oxygen atoms in total. The lowest BCUT2D eigenvalue weighted by Gasteiger charge is -2.39. The van der Waals surface area contributed by atoms with Crippen molar-refractivity contribution in [3.8, 4) is 11.5 Å². The Bertz CT molecular complexity index is 1470. The molecule has 0 saturated heterocycles. The number of aromatic nitrogens is 1. The first-order chi connectivity index (χ1) is 17.6. The molecule has 1 atom stereocenters. The van der Waals surface area contributed by atoms with Crippen molar-refractivity contribution in [1.82, 2.24) is 9.88 Å². The molecule has 1 aromatic heterocycles. The van der Waals surface area contributed by atoms with Gasteiger partial charge in [-0.2, -0.15) is 0 Å². The molecule has 182 valence electrons. The van der Waals surface area contributed by atoms with Gasteiger partial charge in [-0.15, -0.1) is 0 Å². The lowest BCUT2D eigenvalue weighted by Crippen LogP contribution is -2.44. The maximum Gasteiger partial charge on any atom is 0.261 e. The van der Waals surface area contributed by atoms with E-state index in [4.69, 9.17) is 26.1 Å². The standard InChI is InChI=1S/C29H26ClN3O3/c1-35-24-11-9-20(17-25(24)36-2)33-28-27-23(13-15-32(28)14-12-18-6-4-3-5-7-18)31-22-10-8-19(30)16-21(22)26(27)29(33)34/h3-11,16-17,28H,12-15H2,1-2H3. The highest BCUT2D eigenvalue weighted by Gasteiger charge is 2.46. The Kier molecular flexibility index (Phi) is 5.78. The van der Waals surface area contributed by atoms with Crippen LogP contribution in [0.4, 0.5) is 5.69 Å². The topological polar surface area (TPSA) is 54.9 Å². The molecule has 3 heterocycles. The third-order valence-electron chi connectivity index (χ3n) is 7.16. The molecular formula is C29H26ClN3O3. The summed E-state index contributed by atoms with van der Waals surface area (Å²) in [5.41, 5.74) is 5.50. The van der Waals surface area contributed by atoms with Gasteiger partial charge < -0.3 is 9.47 Å². The fraction of sp³-hybridized carbons (Fsp3) is 0.241. The number of pyridine rings is 1. The van der Waals surface area contributed by atoms with E-state index < -0.39 is 0 Å². The van der Waals surface area contributed by atoms with Gasteiger partial charge in [-0.25, -0.2) is 0 Å². The number of carbonyl (C=O) groups is 1. The highest BCUT2D eigenvalue weighted by molar-refractivity contribution is 6.31. The number of anilines is 1.